The van der Waals surface area contributed by atoms with E-state index in [2.05, 4.69) is 55.3 Å². The van der Waals surface area contributed by atoms with E-state index in [1.165, 1.54) is 16.7 Å². The zero-order valence-electron chi connectivity index (χ0n) is 10.6. The van der Waals surface area contributed by atoms with Crippen molar-refractivity contribution < 1.29 is 0 Å². The molecule has 1 N–H and O–H groups in total. The first kappa shape index (κ1) is 11.6. The lowest BCUT2D eigenvalue weighted by Gasteiger charge is -2.18. The standard InChI is InChI=1S/C15H18N2/c1-11-6-4-5-7-14(11)13(3)17-15-10-16-9-8-12(15)2/h4-10,13,17H,1-3H3. The molecule has 0 aliphatic rings. The number of nitrogens with zero attached hydrogens (tertiary/aromatic N) is 1. The molecule has 0 radical (unpaired) electrons. The zero-order valence-corrected chi connectivity index (χ0v) is 10.6. The molecule has 1 atom stereocenters. The third kappa shape index (κ3) is 2.64. The molecule has 0 amide bonds. The van der Waals surface area contributed by atoms with Crippen molar-refractivity contribution in [3.05, 3.63) is 59.4 Å². The molecule has 1 heterocycles. The minimum absolute atomic E-state index is 0.291. The number of pyridine rings is 1. The molecule has 0 spiro atoms. The number of benzene rings is 1. The molecule has 2 aromatic rings. The van der Waals surface area contributed by atoms with Gasteiger partial charge in [0.25, 0.3) is 0 Å². The van der Waals surface area contributed by atoms with Crippen molar-refractivity contribution in [2.45, 2.75) is 26.8 Å². The van der Waals surface area contributed by atoms with E-state index >= 15 is 0 Å². The van der Waals surface area contributed by atoms with Gasteiger partial charge in [0, 0.05) is 12.2 Å². The predicted octanol–water partition coefficient (Wildman–Crippen LogP) is 3.87. The third-order valence-corrected chi connectivity index (χ3v) is 3.07. The average Bonchev–Trinajstić information content (AvgIpc) is 2.32. The van der Waals surface area contributed by atoms with E-state index < -0.39 is 0 Å². The minimum atomic E-state index is 0.291. The van der Waals surface area contributed by atoms with Gasteiger partial charge in [0.1, 0.15) is 0 Å². The lowest BCUT2D eigenvalue weighted by Crippen LogP contribution is -2.09. The first-order chi connectivity index (χ1) is 8.18. The Morgan fingerprint density at radius 2 is 1.82 bits per heavy atom. The van der Waals surface area contributed by atoms with Gasteiger partial charge in [-0.25, -0.2) is 0 Å². The van der Waals surface area contributed by atoms with E-state index in [4.69, 9.17) is 0 Å². The lowest BCUT2D eigenvalue weighted by molar-refractivity contribution is 0.870. The summed E-state index contributed by atoms with van der Waals surface area (Å²) in [5.74, 6) is 0. The van der Waals surface area contributed by atoms with Crippen molar-refractivity contribution in [1.82, 2.24) is 4.98 Å². The van der Waals surface area contributed by atoms with E-state index in [1.54, 1.807) is 0 Å². The molecule has 0 fully saturated rings. The van der Waals surface area contributed by atoms with Gasteiger partial charge >= 0.3 is 0 Å². The number of aromatic nitrogens is 1. The van der Waals surface area contributed by atoms with Crippen LogP contribution in [0.3, 0.4) is 0 Å². The third-order valence-electron chi connectivity index (χ3n) is 3.07. The van der Waals surface area contributed by atoms with Crippen LogP contribution in [-0.4, -0.2) is 4.98 Å². The first-order valence-corrected chi connectivity index (χ1v) is 5.91. The van der Waals surface area contributed by atoms with Crippen molar-refractivity contribution in [1.29, 1.82) is 0 Å². The predicted molar refractivity (Wildman–Crippen MR) is 72.2 cm³/mol. The molecule has 0 aliphatic carbocycles. The van der Waals surface area contributed by atoms with Crippen LogP contribution in [-0.2, 0) is 0 Å². The van der Waals surface area contributed by atoms with Crippen LogP contribution in [0.25, 0.3) is 0 Å². The minimum Gasteiger partial charge on any atom is -0.377 e. The van der Waals surface area contributed by atoms with Crippen LogP contribution >= 0.6 is 0 Å². The number of rotatable bonds is 3. The molecule has 1 aromatic heterocycles. The van der Waals surface area contributed by atoms with E-state index in [0.29, 0.717) is 6.04 Å². The van der Waals surface area contributed by atoms with Gasteiger partial charge in [-0.3, -0.25) is 4.98 Å². The quantitative estimate of drug-likeness (QED) is 0.859. The Kier molecular flexibility index (Phi) is 3.43. The second-order valence-electron chi connectivity index (χ2n) is 4.41. The van der Waals surface area contributed by atoms with Gasteiger partial charge in [0.05, 0.1) is 11.9 Å². The number of aryl methyl sites for hydroxylation is 2. The molecule has 17 heavy (non-hydrogen) atoms. The Bertz CT molecular complexity index is 506. The molecule has 0 saturated carbocycles. The lowest BCUT2D eigenvalue weighted by atomic mass is 10.0. The summed E-state index contributed by atoms with van der Waals surface area (Å²) in [5, 5.41) is 3.50. The Balaban J connectivity index is 2.20. The zero-order chi connectivity index (χ0) is 12.3. The monoisotopic (exact) mass is 226 g/mol. The summed E-state index contributed by atoms with van der Waals surface area (Å²) in [6, 6.07) is 10.8. The Hall–Kier alpha value is -1.83. The normalized spacial score (nSPS) is 12.2. The number of hydrogen-bond donors (Lipinski definition) is 1. The smallest absolute Gasteiger partial charge is 0.0561 e. The Morgan fingerprint density at radius 3 is 2.53 bits per heavy atom. The maximum Gasteiger partial charge on any atom is 0.0561 e. The van der Waals surface area contributed by atoms with Crippen molar-refractivity contribution in [2.75, 3.05) is 5.32 Å². The maximum absolute atomic E-state index is 4.15. The summed E-state index contributed by atoms with van der Waals surface area (Å²) in [4.78, 5) is 4.15. The van der Waals surface area contributed by atoms with Crippen LogP contribution in [0.4, 0.5) is 5.69 Å². The van der Waals surface area contributed by atoms with Crippen molar-refractivity contribution in [2.24, 2.45) is 0 Å². The van der Waals surface area contributed by atoms with Crippen molar-refractivity contribution >= 4 is 5.69 Å². The average molecular weight is 226 g/mol. The molecule has 0 saturated heterocycles. The van der Waals surface area contributed by atoms with Gasteiger partial charge in [-0.15, -0.1) is 0 Å². The molecule has 1 aromatic carbocycles. The summed E-state index contributed by atoms with van der Waals surface area (Å²) in [6.45, 7) is 6.41. The highest BCUT2D eigenvalue weighted by Gasteiger charge is 2.08. The molecular formula is C15H18N2. The molecular weight excluding hydrogens is 208 g/mol. The van der Waals surface area contributed by atoms with Gasteiger partial charge < -0.3 is 5.32 Å². The maximum atomic E-state index is 4.15. The first-order valence-electron chi connectivity index (χ1n) is 5.91. The largest absolute Gasteiger partial charge is 0.377 e. The molecule has 1 unspecified atom stereocenters. The van der Waals surface area contributed by atoms with Gasteiger partial charge in [0.2, 0.25) is 0 Å². The Morgan fingerprint density at radius 1 is 1.06 bits per heavy atom. The van der Waals surface area contributed by atoms with Gasteiger partial charge in [0.15, 0.2) is 0 Å². The molecule has 2 heteroatoms. The summed E-state index contributed by atoms with van der Waals surface area (Å²) in [7, 11) is 0. The van der Waals surface area contributed by atoms with Crippen LogP contribution in [0, 0.1) is 13.8 Å². The number of anilines is 1. The Labute approximate surface area is 103 Å². The number of nitrogens with one attached hydrogen (secondary N) is 1. The van der Waals surface area contributed by atoms with Crippen LogP contribution in [0.5, 0.6) is 0 Å². The summed E-state index contributed by atoms with van der Waals surface area (Å²) >= 11 is 0. The second-order valence-corrected chi connectivity index (χ2v) is 4.41. The fourth-order valence-electron chi connectivity index (χ4n) is 2.00. The molecule has 2 nitrogen and oxygen atoms in total. The van der Waals surface area contributed by atoms with Crippen molar-refractivity contribution in [3.8, 4) is 0 Å². The fourth-order valence-corrected chi connectivity index (χ4v) is 2.00. The summed E-state index contributed by atoms with van der Waals surface area (Å²) in [6.07, 6.45) is 3.70. The number of hydrogen-bond acceptors (Lipinski definition) is 2. The molecule has 0 bridgehead atoms. The van der Waals surface area contributed by atoms with Crippen LogP contribution in [0.15, 0.2) is 42.7 Å². The SMILES string of the molecule is Cc1ccncc1NC(C)c1ccccc1C. The highest BCUT2D eigenvalue weighted by Crippen LogP contribution is 2.23. The van der Waals surface area contributed by atoms with E-state index in [0.717, 1.165) is 5.69 Å². The highest BCUT2D eigenvalue weighted by atomic mass is 14.9. The highest BCUT2D eigenvalue weighted by molar-refractivity contribution is 5.50. The van der Waals surface area contributed by atoms with Gasteiger partial charge in [-0.2, -0.15) is 0 Å². The van der Waals surface area contributed by atoms with Crippen molar-refractivity contribution in [3.63, 3.8) is 0 Å². The molecule has 2 rings (SSSR count). The molecule has 88 valence electrons. The van der Waals surface area contributed by atoms with Gasteiger partial charge in [-0.05, 0) is 43.5 Å². The molecule has 0 aliphatic heterocycles. The van der Waals surface area contributed by atoms with E-state index in [9.17, 15) is 0 Å². The van der Waals surface area contributed by atoms with Crippen LogP contribution < -0.4 is 5.32 Å². The topological polar surface area (TPSA) is 24.9 Å². The van der Waals surface area contributed by atoms with Gasteiger partial charge in [-0.1, -0.05) is 24.3 Å². The van der Waals surface area contributed by atoms with E-state index in [1.807, 2.05) is 18.5 Å². The second kappa shape index (κ2) is 5.00. The summed E-state index contributed by atoms with van der Waals surface area (Å²) in [5.41, 5.74) is 4.97. The van der Waals surface area contributed by atoms with Crippen LogP contribution in [0.1, 0.15) is 29.7 Å². The fraction of sp³-hybridized carbons (Fsp3) is 0.267. The van der Waals surface area contributed by atoms with E-state index in [-0.39, 0.29) is 0 Å². The van der Waals surface area contributed by atoms with Crippen LogP contribution in [0.2, 0.25) is 0 Å². The summed E-state index contributed by atoms with van der Waals surface area (Å²) < 4.78 is 0.